The Bertz CT molecular complexity index is 723. The third kappa shape index (κ3) is 1.49. The highest BCUT2D eigenvalue weighted by Gasteiger charge is 2.17. The molecule has 7 nitrogen and oxygen atoms in total. The van der Waals surface area contributed by atoms with E-state index < -0.39 is 4.92 Å². The second-order valence-electron chi connectivity index (χ2n) is 3.58. The van der Waals surface area contributed by atoms with Gasteiger partial charge in [-0.2, -0.15) is 0 Å². The first-order valence-corrected chi connectivity index (χ1v) is 5.17. The van der Waals surface area contributed by atoms with Gasteiger partial charge in [0.05, 0.1) is 4.92 Å². The van der Waals surface area contributed by atoms with Crippen LogP contribution in [0.2, 0.25) is 0 Å². The number of nitrogens with zero attached hydrogens (tertiary/aromatic N) is 5. The Morgan fingerprint density at radius 1 is 1.17 bits per heavy atom. The van der Waals surface area contributed by atoms with Crippen LogP contribution < -0.4 is 0 Å². The van der Waals surface area contributed by atoms with Crippen LogP contribution in [0.3, 0.4) is 0 Å². The molecule has 0 atom stereocenters. The van der Waals surface area contributed by atoms with Gasteiger partial charge in [-0.3, -0.25) is 19.5 Å². The largest absolute Gasteiger partial charge is 0.314 e. The van der Waals surface area contributed by atoms with Crippen molar-refractivity contribution in [2.45, 2.75) is 0 Å². The summed E-state index contributed by atoms with van der Waals surface area (Å²) in [5.74, 6) is 0.481. The second-order valence-corrected chi connectivity index (χ2v) is 3.58. The molecule has 0 aliphatic rings. The Hall–Kier alpha value is -2.83. The Kier molecular flexibility index (Phi) is 2.23. The van der Waals surface area contributed by atoms with Crippen LogP contribution in [-0.2, 0) is 0 Å². The van der Waals surface area contributed by atoms with Crippen molar-refractivity contribution in [2.24, 2.45) is 0 Å². The molecule has 0 aliphatic carbocycles. The van der Waals surface area contributed by atoms with Crippen LogP contribution in [0, 0.1) is 10.1 Å². The average molecular weight is 241 g/mol. The molecule has 3 aromatic rings. The predicted molar refractivity (Wildman–Crippen MR) is 62.9 cm³/mol. The van der Waals surface area contributed by atoms with Crippen molar-refractivity contribution in [3.8, 4) is 11.5 Å². The summed E-state index contributed by atoms with van der Waals surface area (Å²) in [6.07, 6.45) is 3.31. The Morgan fingerprint density at radius 2 is 2.06 bits per heavy atom. The molecule has 3 rings (SSSR count). The van der Waals surface area contributed by atoms with Crippen molar-refractivity contribution in [1.82, 2.24) is 19.6 Å². The summed E-state index contributed by atoms with van der Waals surface area (Å²) >= 11 is 0. The lowest BCUT2D eigenvalue weighted by atomic mass is 10.3. The summed E-state index contributed by atoms with van der Waals surface area (Å²) in [7, 11) is 0. The fraction of sp³-hybridized carbons (Fsp3) is 0. The molecule has 0 saturated carbocycles. The van der Waals surface area contributed by atoms with Crippen molar-refractivity contribution < 1.29 is 4.92 Å². The van der Waals surface area contributed by atoms with Gasteiger partial charge in [-0.05, 0) is 18.2 Å². The number of aromatic nitrogens is 4. The number of hydrogen-bond acceptors (Lipinski definition) is 5. The second kappa shape index (κ2) is 3.88. The van der Waals surface area contributed by atoms with Gasteiger partial charge in [-0.25, -0.2) is 0 Å². The number of pyridine rings is 2. The molecule has 3 aromatic heterocycles. The number of rotatable bonds is 2. The number of hydrogen-bond donors (Lipinski definition) is 0. The van der Waals surface area contributed by atoms with Crippen LogP contribution in [0.4, 0.5) is 5.69 Å². The Labute approximate surface area is 101 Å². The SMILES string of the molecule is O=[N+]([O-])c1cccn2c(-c3ccccn3)nnc12. The summed E-state index contributed by atoms with van der Waals surface area (Å²) in [6, 6.07) is 8.36. The monoisotopic (exact) mass is 241 g/mol. The molecule has 0 bridgehead atoms. The molecule has 0 spiro atoms. The molecule has 18 heavy (non-hydrogen) atoms. The van der Waals surface area contributed by atoms with E-state index in [1.54, 1.807) is 35.0 Å². The quantitative estimate of drug-likeness (QED) is 0.503. The smallest absolute Gasteiger partial charge is 0.275 e. The van der Waals surface area contributed by atoms with Crippen LogP contribution in [0.5, 0.6) is 0 Å². The molecule has 0 saturated heterocycles. The highest BCUT2D eigenvalue weighted by molar-refractivity contribution is 5.64. The highest BCUT2D eigenvalue weighted by atomic mass is 16.6. The van der Waals surface area contributed by atoms with E-state index in [1.807, 2.05) is 6.07 Å². The molecule has 0 radical (unpaired) electrons. The van der Waals surface area contributed by atoms with Crippen molar-refractivity contribution in [3.05, 3.63) is 52.8 Å². The van der Waals surface area contributed by atoms with Gasteiger partial charge in [0.25, 0.3) is 0 Å². The van der Waals surface area contributed by atoms with Crippen LogP contribution in [-0.4, -0.2) is 24.5 Å². The zero-order chi connectivity index (χ0) is 12.5. The summed E-state index contributed by atoms with van der Waals surface area (Å²) in [6.45, 7) is 0. The van der Waals surface area contributed by atoms with Gasteiger partial charge in [0.1, 0.15) is 5.69 Å². The molecule has 0 aromatic carbocycles. The minimum atomic E-state index is -0.480. The fourth-order valence-electron chi connectivity index (χ4n) is 1.71. The van der Waals surface area contributed by atoms with E-state index in [2.05, 4.69) is 15.2 Å². The molecule has 7 heteroatoms. The fourth-order valence-corrected chi connectivity index (χ4v) is 1.71. The standard InChI is InChI=1S/C11H7N5O2/c17-16(18)9-5-3-7-15-10(13-14-11(9)15)8-4-1-2-6-12-8/h1-7H. The van der Waals surface area contributed by atoms with E-state index in [9.17, 15) is 10.1 Å². The first-order valence-electron chi connectivity index (χ1n) is 5.17. The molecule has 0 amide bonds. The maximum absolute atomic E-state index is 10.9. The summed E-state index contributed by atoms with van der Waals surface area (Å²) in [5, 5.41) is 18.7. The molecule has 0 aliphatic heterocycles. The lowest BCUT2D eigenvalue weighted by Gasteiger charge is -1.98. The summed E-state index contributed by atoms with van der Waals surface area (Å²) in [5.41, 5.74) is 0.751. The van der Waals surface area contributed by atoms with Gasteiger partial charge < -0.3 is 0 Å². The summed E-state index contributed by atoms with van der Waals surface area (Å²) < 4.78 is 1.56. The van der Waals surface area contributed by atoms with Crippen molar-refractivity contribution in [2.75, 3.05) is 0 Å². The van der Waals surface area contributed by atoms with Crippen LogP contribution in [0.25, 0.3) is 17.2 Å². The average Bonchev–Trinajstić information content (AvgIpc) is 2.83. The van der Waals surface area contributed by atoms with Gasteiger partial charge >= 0.3 is 5.69 Å². The van der Waals surface area contributed by atoms with Gasteiger partial charge in [0, 0.05) is 18.5 Å². The minimum absolute atomic E-state index is 0.0767. The minimum Gasteiger partial charge on any atom is -0.275 e. The van der Waals surface area contributed by atoms with E-state index in [0.717, 1.165) is 0 Å². The molecule has 3 heterocycles. The van der Waals surface area contributed by atoms with Crippen LogP contribution in [0.15, 0.2) is 42.7 Å². The van der Waals surface area contributed by atoms with E-state index in [4.69, 9.17) is 0 Å². The Balaban J connectivity index is 2.28. The van der Waals surface area contributed by atoms with Gasteiger partial charge in [0.15, 0.2) is 5.82 Å². The molecule has 0 unspecified atom stereocenters. The summed E-state index contributed by atoms with van der Waals surface area (Å²) in [4.78, 5) is 14.5. The maximum Gasteiger partial charge on any atom is 0.314 e. The van der Waals surface area contributed by atoms with Crippen molar-refractivity contribution >= 4 is 11.3 Å². The zero-order valence-corrected chi connectivity index (χ0v) is 9.09. The lowest BCUT2D eigenvalue weighted by molar-refractivity contribution is -0.383. The topological polar surface area (TPSA) is 86.2 Å². The molecular weight excluding hydrogens is 234 g/mol. The molecule has 0 N–H and O–H groups in total. The van der Waals surface area contributed by atoms with Gasteiger partial charge in [-0.15, -0.1) is 10.2 Å². The first kappa shape index (κ1) is 10.3. The third-order valence-corrected chi connectivity index (χ3v) is 2.50. The molecular formula is C11H7N5O2. The van der Waals surface area contributed by atoms with E-state index in [-0.39, 0.29) is 11.3 Å². The predicted octanol–water partition coefficient (Wildman–Crippen LogP) is 1.70. The van der Waals surface area contributed by atoms with Gasteiger partial charge in [-0.1, -0.05) is 6.07 Å². The number of nitro groups is 1. The van der Waals surface area contributed by atoms with Crippen LogP contribution in [0.1, 0.15) is 0 Å². The third-order valence-electron chi connectivity index (χ3n) is 2.50. The molecule has 0 fully saturated rings. The van der Waals surface area contributed by atoms with E-state index in [1.165, 1.54) is 6.07 Å². The van der Waals surface area contributed by atoms with E-state index in [0.29, 0.717) is 11.5 Å². The normalized spacial score (nSPS) is 10.7. The first-order chi connectivity index (χ1) is 8.77. The Morgan fingerprint density at radius 3 is 2.78 bits per heavy atom. The number of fused-ring (bicyclic) bond motifs is 1. The maximum atomic E-state index is 10.9. The zero-order valence-electron chi connectivity index (χ0n) is 9.09. The highest BCUT2D eigenvalue weighted by Crippen LogP contribution is 2.21. The van der Waals surface area contributed by atoms with Gasteiger partial charge in [0.2, 0.25) is 5.65 Å². The molecule has 88 valence electrons. The van der Waals surface area contributed by atoms with Crippen molar-refractivity contribution in [3.63, 3.8) is 0 Å². The lowest BCUT2D eigenvalue weighted by Crippen LogP contribution is -1.95. The van der Waals surface area contributed by atoms with Crippen LogP contribution >= 0.6 is 0 Å². The van der Waals surface area contributed by atoms with E-state index >= 15 is 0 Å². The van der Waals surface area contributed by atoms with Crippen molar-refractivity contribution in [1.29, 1.82) is 0 Å².